The van der Waals surface area contributed by atoms with Crippen molar-refractivity contribution in [2.45, 2.75) is 46.7 Å². The summed E-state index contributed by atoms with van der Waals surface area (Å²) in [7, 11) is 1.98. The minimum Gasteiger partial charge on any atom is -0.361 e. The van der Waals surface area contributed by atoms with Crippen molar-refractivity contribution in [3.8, 4) is 0 Å². The molecule has 1 fully saturated rings. The highest BCUT2D eigenvalue weighted by Crippen LogP contribution is 2.10. The van der Waals surface area contributed by atoms with Gasteiger partial charge in [-0.25, -0.2) is 4.99 Å². The van der Waals surface area contributed by atoms with Gasteiger partial charge in [0.2, 0.25) is 0 Å². The number of guanidine groups is 1. The lowest BCUT2D eigenvalue weighted by Crippen LogP contribution is -2.52. The molecule has 0 atom stereocenters. The van der Waals surface area contributed by atoms with E-state index in [-0.39, 0.29) is 0 Å². The Morgan fingerprint density at radius 1 is 1.21 bits per heavy atom. The van der Waals surface area contributed by atoms with Crippen molar-refractivity contribution in [1.29, 1.82) is 0 Å². The van der Waals surface area contributed by atoms with Crippen LogP contribution in [0.25, 0.3) is 0 Å². The molecule has 154 valence electrons. The molecule has 0 radical (unpaired) electrons. The van der Waals surface area contributed by atoms with E-state index in [2.05, 4.69) is 37.4 Å². The molecule has 0 aliphatic carbocycles. The van der Waals surface area contributed by atoms with Crippen LogP contribution in [0.5, 0.6) is 0 Å². The van der Waals surface area contributed by atoms with Crippen LogP contribution >= 0.6 is 0 Å². The molecule has 0 saturated carbocycles. The minimum atomic E-state index is 0.532. The highest BCUT2D eigenvalue weighted by molar-refractivity contribution is 5.80. The summed E-state index contributed by atoms with van der Waals surface area (Å²) < 4.78 is 7.17. The van der Waals surface area contributed by atoms with Crippen LogP contribution < -0.4 is 5.32 Å². The normalized spacial score (nSPS) is 16.0. The molecule has 3 heterocycles. The number of nitrogens with one attached hydrogen (secondary N) is 1. The third-order valence-corrected chi connectivity index (χ3v) is 5.10. The van der Waals surface area contributed by atoms with Gasteiger partial charge in [0.15, 0.2) is 11.8 Å². The number of aryl methyl sites for hydroxylation is 2. The molecular formula is C19H32N8O. The number of aliphatic imine (C=N–C) groups is 1. The van der Waals surface area contributed by atoms with Gasteiger partial charge in [-0.2, -0.15) is 0 Å². The van der Waals surface area contributed by atoms with Crippen LogP contribution in [0.3, 0.4) is 0 Å². The van der Waals surface area contributed by atoms with E-state index < -0.39 is 0 Å². The molecule has 0 bridgehead atoms. The number of piperazine rings is 1. The van der Waals surface area contributed by atoms with E-state index in [1.807, 2.05) is 31.5 Å². The van der Waals surface area contributed by atoms with E-state index in [0.29, 0.717) is 6.54 Å². The maximum Gasteiger partial charge on any atom is 0.194 e. The minimum absolute atomic E-state index is 0.532. The molecule has 1 aliphatic rings. The summed E-state index contributed by atoms with van der Waals surface area (Å²) >= 11 is 0. The van der Waals surface area contributed by atoms with Gasteiger partial charge in [-0.15, -0.1) is 10.2 Å². The lowest BCUT2D eigenvalue weighted by Gasteiger charge is -2.36. The van der Waals surface area contributed by atoms with Crippen LogP contribution in [0.1, 0.15) is 42.9 Å². The molecule has 2 aromatic rings. The molecule has 3 rings (SSSR count). The number of rotatable bonds is 7. The Balaban J connectivity index is 1.58. The third-order valence-electron chi connectivity index (χ3n) is 5.10. The Morgan fingerprint density at radius 2 is 2.00 bits per heavy atom. The predicted octanol–water partition coefficient (Wildman–Crippen LogP) is 1.48. The van der Waals surface area contributed by atoms with Crippen molar-refractivity contribution in [2.75, 3.05) is 32.7 Å². The molecule has 0 spiro atoms. The van der Waals surface area contributed by atoms with E-state index in [4.69, 9.17) is 9.52 Å². The molecule has 0 unspecified atom stereocenters. The summed E-state index contributed by atoms with van der Waals surface area (Å²) in [5, 5.41) is 16.0. The van der Waals surface area contributed by atoms with Crippen LogP contribution in [-0.2, 0) is 20.1 Å². The quantitative estimate of drug-likeness (QED) is 0.437. The van der Waals surface area contributed by atoms with Crippen molar-refractivity contribution in [2.24, 2.45) is 12.0 Å². The first kappa shape index (κ1) is 20.3. The van der Waals surface area contributed by atoms with Crippen LogP contribution in [0.2, 0.25) is 0 Å². The van der Waals surface area contributed by atoms with Gasteiger partial charge in [-0.3, -0.25) is 4.90 Å². The first-order valence-corrected chi connectivity index (χ1v) is 10.1. The monoisotopic (exact) mass is 388 g/mol. The maximum atomic E-state index is 5.18. The summed E-state index contributed by atoms with van der Waals surface area (Å²) in [6.45, 7) is 12.2. The number of hydrogen-bond acceptors (Lipinski definition) is 6. The van der Waals surface area contributed by atoms with E-state index in [1.165, 1.54) is 0 Å². The first-order chi connectivity index (χ1) is 13.6. The van der Waals surface area contributed by atoms with Gasteiger partial charge in [-0.1, -0.05) is 18.5 Å². The fourth-order valence-corrected chi connectivity index (χ4v) is 3.22. The lowest BCUT2D eigenvalue weighted by molar-refractivity contribution is 0.168. The zero-order valence-electron chi connectivity index (χ0n) is 17.5. The number of hydrogen-bond donors (Lipinski definition) is 1. The van der Waals surface area contributed by atoms with E-state index in [9.17, 15) is 0 Å². The molecule has 0 amide bonds. The SMILES string of the molecule is CCCCNC(=NCc1nnc(C)n1C)N1CCN(Cc2cc(C)on2)CC1. The predicted molar refractivity (Wildman–Crippen MR) is 108 cm³/mol. The number of unbranched alkanes of at least 4 members (excludes halogenated alkanes) is 1. The Labute approximate surface area is 166 Å². The zero-order valence-corrected chi connectivity index (χ0v) is 17.5. The van der Waals surface area contributed by atoms with Gasteiger partial charge in [0.1, 0.15) is 18.1 Å². The summed E-state index contributed by atoms with van der Waals surface area (Å²) in [5.74, 6) is 3.61. The highest BCUT2D eigenvalue weighted by Gasteiger charge is 2.21. The molecule has 1 N–H and O–H groups in total. The van der Waals surface area contributed by atoms with E-state index in [0.717, 1.165) is 81.2 Å². The van der Waals surface area contributed by atoms with Gasteiger partial charge >= 0.3 is 0 Å². The van der Waals surface area contributed by atoms with Crippen molar-refractivity contribution < 1.29 is 4.52 Å². The highest BCUT2D eigenvalue weighted by atomic mass is 16.5. The van der Waals surface area contributed by atoms with Crippen molar-refractivity contribution in [3.63, 3.8) is 0 Å². The molecule has 1 aliphatic heterocycles. The zero-order chi connectivity index (χ0) is 19.9. The standard InChI is InChI=1S/C19H32N8O/c1-5-6-7-20-19(21-13-18-23-22-16(3)25(18)4)27-10-8-26(9-11-27)14-17-12-15(2)28-24-17/h12H,5-11,13-14H2,1-4H3,(H,20,21). The second-order valence-electron chi connectivity index (χ2n) is 7.33. The summed E-state index contributed by atoms with van der Waals surface area (Å²) in [6, 6.07) is 2.01. The van der Waals surface area contributed by atoms with E-state index >= 15 is 0 Å². The van der Waals surface area contributed by atoms with Gasteiger partial charge in [0, 0.05) is 52.4 Å². The fourth-order valence-electron chi connectivity index (χ4n) is 3.22. The Bertz CT molecular complexity index is 773. The smallest absolute Gasteiger partial charge is 0.194 e. The van der Waals surface area contributed by atoms with Crippen LogP contribution in [-0.4, -0.2) is 68.4 Å². The maximum absolute atomic E-state index is 5.18. The van der Waals surface area contributed by atoms with E-state index in [1.54, 1.807) is 0 Å². The Hall–Kier alpha value is -2.42. The molecule has 2 aromatic heterocycles. The number of nitrogens with zero attached hydrogens (tertiary/aromatic N) is 7. The number of aromatic nitrogens is 4. The molecule has 28 heavy (non-hydrogen) atoms. The third kappa shape index (κ3) is 5.31. The van der Waals surface area contributed by atoms with Crippen LogP contribution in [0.15, 0.2) is 15.6 Å². The van der Waals surface area contributed by atoms with Crippen molar-refractivity contribution >= 4 is 5.96 Å². The topological polar surface area (TPSA) is 87.6 Å². The average molecular weight is 389 g/mol. The molecule has 0 aromatic carbocycles. The largest absolute Gasteiger partial charge is 0.361 e. The summed E-state index contributed by atoms with van der Waals surface area (Å²) in [5.41, 5.74) is 0.999. The van der Waals surface area contributed by atoms with Crippen molar-refractivity contribution in [3.05, 3.63) is 29.2 Å². The second-order valence-corrected chi connectivity index (χ2v) is 7.33. The fraction of sp³-hybridized carbons (Fsp3) is 0.684. The second kappa shape index (κ2) is 9.68. The average Bonchev–Trinajstić information content (AvgIpc) is 3.24. The summed E-state index contributed by atoms with van der Waals surface area (Å²) in [6.07, 6.45) is 2.29. The van der Waals surface area contributed by atoms with Crippen LogP contribution in [0, 0.1) is 13.8 Å². The first-order valence-electron chi connectivity index (χ1n) is 10.1. The van der Waals surface area contributed by atoms with Gasteiger partial charge in [0.25, 0.3) is 0 Å². The lowest BCUT2D eigenvalue weighted by atomic mass is 10.3. The van der Waals surface area contributed by atoms with Gasteiger partial charge < -0.3 is 19.3 Å². The molecule has 1 saturated heterocycles. The van der Waals surface area contributed by atoms with Gasteiger partial charge in [-0.05, 0) is 20.3 Å². The van der Waals surface area contributed by atoms with Gasteiger partial charge in [0.05, 0.1) is 5.69 Å². The Kier molecular flexibility index (Phi) is 7.02. The summed E-state index contributed by atoms with van der Waals surface area (Å²) in [4.78, 5) is 9.58. The molecular weight excluding hydrogens is 356 g/mol. The molecule has 9 heteroatoms. The van der Waals surface area contributed by atoms with Crippen LogP contribution in [0.4, 0.5) is 0 Å². The van der Waals surface area contributed by atoms with Crippen molar-refractivity contribution in [1.82, 2.24) is 35.0 Å². The Morgan fingerprint density at radius 3 is 2.61 bits per heavy atom. The molecule has 9 nitrogen and oxygen atoms in total.